The summed E-state index contributed by atoms with van der Waals surface area (Å²) in [5.41, 5.74) is 6.35. The van der Waals surface area contributed by atoms with Crippen molar-refractivity contribution in [1.82, 2.24) is 31.1 Å². The van der Waals surface area contributed by atoms with Gasteiger partial charge in [0.05, 0.1) is 0 Å². The molecule has 6 aliphatic rings. The fourth-order valence-electron chi connectivity index (χ4n) is 12.0. The van der Waals surface area contributed by atoms with Crippen LogP contribution in [0.25, 0.3) is 0 Å². The van der Waals surface area contributed by atoms with Crippen LogP contribution in [0.1, 0.15) is 188 Å². The van der Waals surface area contributed by atoms with Crippen LogP contribution in [0.4, 0.5) is 9.59 Å². The van der Waals surface area contributed by atoms with Gasteiger partial charge in [-0.2, -0.15) is 0 Å². The number of nitrogens with zero attached hydrogens (tertiary/aromatic N) is 2. The van der Waals surface area contributed by atoms with Crippen molar-refractivity contribution in [2.45, 2.75) is 178 Å². The number of amides is 4. The molecule has 0 radical (unpaired) electrons. The Labute approximate surface area is 338 Å². The van der Waals surface area contributed by atoms with Crippen molar-refractivity contribution < 1.29 is 9.59 Å². The Hall–Kier alpha value is -3.10. The molecule has 0 aromatic heterocycles. The van der Waals surface area contributed by atoms with E-state index in [1.807, 2.05) is 0 Å². The minimum atomic E-state index is 0.0243. The second-order valence-electron chi connectivity index (χ2n) is 18.6. The van der Waals surface area contributed by atoms with Gasteiger partial charge >= 0.3 is 12.1 Å². The molecular weight excluding hydrogens is 693 g/mol. The van der Waals surface area contributed by atoms with Crippen molar-refractivity contribution in [2.24, 2.45) is 11.8 Å². The Kier molecular flexibility index (Phi) is 13.9. The molecule has 2 saturated heterocycles. The average molecular weight is 765 g/mol. The molecule has 4 fully saturated rings. The number of fused-ring (bicyclic) bond motifs is 10. The molecule has 4 bridgehead atoms. The zero-order chi connectivity index (χ0) is 38.1. The summed E-state index contributed by atoms with van der Waals surface area (Å²) in [6.45, 7) is 3.99. The number of unbranched alkanes of at least 4 members (excludes halogenated alkanes) is 7. The van der Waals surface area contributed by atoms with Gasteiger partial charge in [0.2, 0.25) is 0 Å². The van der Waals surface area contributed by atoms with Crippen molar-refractivity contribution in [2.75, 3.05) is 26.2 Å². The summed E-state index contributed by atoms with van der Waals surface area (Å²) in [6.07, 6.45) is 26.8. The Morgan fingerprint density at radius 3 is 1.11 bits per heavy atom. The third-order valence-corrected chi connectivity index (χ3v) is 15.1. The van der Waals surface area contributed by atoms with E-state index >= 15 is 0 Å². The van der Waals surface area contributed by atoms with Crippen molar-refractivity contribution in [3.8, 4) is 0 Å². The van der Waals surface area contributed by atoms with Gasteiger partial charge in [-0.05, 0) is 150 Å². The lowest BCUT2D eigenvalue weighted by atomic mass is 9.84. The lowest BCUT2D eigenvalue weighted by molar-refractivity contribution is 0.185. The highest BCUT2D eigenvalue weighted by Gasteiger charge is 2.44. The van der Waals surface area contributed by atoms with Gasteiger partial charge in [-0.3, -0.25) is 9.80 Å². The second-order valence-corrected chi connectivity index (χ2v) is 18.6. The predicted octanol–water partition coefficient (Wildman–Crippen LogP) is 10.4. The molecule has 8 nitrogen and oxygen atoms in total. The molecule has 4 aliphatic heterocycles. The molecule has 8 heteroatoms. The number of carbonyl (C=O) groups excluding carboxylic acids is 2. The molecular formula is C48H72N6O2. The molecule has 2 aliphatic carbocycles. The fourth-order valence-corrected chi connectivity index (χ4v) is 12.0. The van der Waals surface area contributed by atoms with E-state index in [9.17, 15) is 9.59 Å². The highest BCUT2D eigenvalue weighted by molar-refractivity contribution is 5.74. The molecule has 4 heterocycles. The monoisotopic (exact) mass is 765 g/mol. The lowest BCUT2D eigenvalue weighted by Gasteiger charge is -2.31. The summed E-state index contributed by atoms with van der Waals surface area (Å²) in [7, 11) is 0. The van der Waals surface area contributed by atoms with Crippen molar-refractivity contribution in [3.63, 3.8) is 0 Å². The van der Waals surface area contributed by atoms with Gasteiger partial charge < -0.3 is 21.3 Å². The predicted molar refractivity (Wildman–Crippen MR) is 226 cm³/mol. The van der Waals surface area contributed by atoms with E-state index in [4.69, 9.17) is 0 Å². The maximum Gasteiger partial charge on any atom is 0.315 e. The minimum Gasteiger partial charge on any atom is -0.338 e. The van der Waals surface area contributed by atoms with E-state index in [0.29, 0.717) is 36.3 Å². The number of hydrogen-bond donors (Lipinski definition) is 4. The van der Waals surface area contributed by atoms with E-state index in [0.717, 1.165) is 63.5 Å². The molecule has 4 amide bonds. The normalized spacial score (nSPS) is 29.2. The summed E-state index contributed by atoms with van der Waals surface area (Å²) < 4.78 is 0. The summed E-state index contributed by atoms with van der Waals surface area (Å²) >= 11 is 0. The standard InChI is InChI=1S/C48H72N6O2/c55-47(51-37-21-17-35(18-22-37)29-33-53-43-25-26-44(53)40-14-8-7-13-39(40)43)49-31-11-5-3-1-2-4-6-12-32-50-48(56)52-38-23-19-36(20-24-38)30-34-54-45-27-28-46(54)42-16-10-9-15-41(42)45/h7-10,13-16,35-38,43-46H,1-6,11-12,17-34H2,(H2,49,51,55)(H2,50,52,56). The average Bonchev–Trinajstić information content (AvgIpc) is 3.99. The summed E-state index contributed by atoms with van der Waals surface area (Å²) in [5, 5.41) is 12.8. The Balaban J connectivity index is 0.570. The Morgan fingerprint density at radius 2 is 0.768 bits per heavy atom. The van der Waals surface area contributed by atoms with Gasteiger partial charge in [0.25, 0.3) is 0 Å². The number of rotatable bonds is 19. The first-order chi connectivity index (χ1) is 27.6. The maximum atomic E-state index is 12.5. The minimum absolute atomic E-state index is 0.0243. The van der Waals surface area contributed by atoms with Crippen LogP contribution >= 0.6 is 0 Å². The molecule has 4 unspecified atom stereocenters. The topological polar surface area (TPSA) is 88.7 Å². The smallest absolute Gasteiger partial charge is 0.315 e. The van der Waals surface area contributed by atoms with Gasteiger partial charge in [-0.25, -0.2) is 9.59 Å². The maximum absolute atomic E-state index is 12.5. The van der Waals surface area contributed by atoms with Crippen LogP contribution in [0.5, 0.6) is 0 Å². The van der Waals surface area contributed by atoms with Gasteiger partial charge in [-0.15, -0.1) is 0 Å². The number of benzene rings is 2. The highest BCUT2D eigenvalue weighted by Crippen LogP contribution is 2.54. The molecule has 2 aromatic rings. The molecule has 4 N–H and O–H groups in total. The highest BCUT2D eigenvalue weighted by atomic mass is 16.2. The molecule has 8 rings (SSSR count). The first-order valence-electron chi connectivity index (χ1n) is 23.4. The van der Waals surface area contributed by atoms with Gasteiger partial charge in [0.1, 0.15) is 0 Å². The SMILES string of the molecule is O=C(NCCCCCCCCCCNC(=O)NC1CCC(CCN2C3CCC2c2ccccc23)CC1)NC1CCC(CCN2C3CCC2c2ccccc23)CC1. The van der Waals surface area contributed by atoms with E-state index in [1.54, 1.807) is 22.3 Å². The van der Waals surface area contributed by atoms with Crippen LogP contribution in [0, 0.1) is 11.8 Å². The molecule has 2 aromatic carbocycles. The van der Waals surface area contributed by atoms with Crippen LogP contribution in [0.3, 0.4) is 0 Å². The number of urea groups is 2. The number of hydrogen-bond acceptors (Lipinski definition) is 4. The van der Waals surface area contributed by atoms with Crippen LogP contribution < -0.4 is 21.3 Å². The van der Waals surface area contributed by atoms with Crippen LogP contribution in [0.2, 0.25) is 0 Å². The third kappa shape index (κ3) is 9.77. The van der Waals surface area contributed by atoms with Crippen LogP contribution in [0.15, 0.2) is 48.5 Å². The zero-order valence-electron chi connectivity index (χ0n) is 34.3. The van der Waals surface area contributed by atoms with Crippen molar-refractivity contribution in [1.29, 1.82) is 0 Å². The zero-order valence-corrected chi connectivity index (χ0v) is 34.3. The van der Waals surface area contributed by atoms with Crippen molar-refractivity contribution >= 4 is 12.1 Å². The largest absolute Gasteiger partial charge is 0.338 e. The van der Waals surface area contributed by atoms with Crippen molar-refractivity contribution in [3.05, 3.63) is 70.8 Å². The Bertz CT molecular complexity index is 1390. The van der Waals surface area contributed by atoms with E-state index in [-0.39, 0.29) is 12.1 Å². The molecule has 306 valence electrons. The summed E-state index contributed by atoms with van der Waals surface area (Å²) in [5.74, 6) is 1.60. The fraction of sp³-hybridized carbons (Fsp3) is 0.708. The van der Waals surface area contributed by atoms with E-state index in [1.165, 1.54) is 116 Å². The second kappa shape index (κ2) is 19.6. The van der Waals surface area contributed by atoms with Crippen LogP contribution in [-0.4, -0.2) is 60.1 Å². The number of carbonyl (C=O) groups is 2. The van der Waals surface area contributed by atoms with Crippen LogP contribution in [-0.2, 0) is 0 Å². The first kappa shape index (κ1) is 39.7. The molecule has 56 heavy (non-hydrogen) atoms. The molecule has 2 saturated carbocycles. The van der Waals surface area contributed by atoms with Gasteiger partial charge in [0.15, 0.2) is 0 Å². The Morgan fingerprint density at radius 1 is 0.446 bits per heavy atom. The molecule has 4 atom stereocenters. The van der Waals surface area contributed by atoms with Gasteiger partial charge in [0, 0.05) is 49.3 Å². The summed E-state index contributed by atoms with van der Waals surface area (Å²) in [6, 6.07) is 21.6. The lowest BCUT2D eigenvalue weighted by Crippen LogP contribution is -2.44. The third-order valence-electron chi connectivity index (χ3n) is 15.1. The molecule has 0 spiro atoms. The quantitative estimate of drug-likeness (QED) is 0.107. The first-order valence-corrected chi connectivity index (χ1v) is 23.4. The number of nitrogens with one attached hydrogen (secondary N) is 4. The van der Waals surface area contributed by atoms with E-state index < -0.39 is 0 Å². The van der Waals surface area contributed by atoms with E-state index in [2.05, 4.69) is 79.6 Å². The summed E-state index contributed by atoms with van der Waals surface area (Å²) in [4.78, 5) is 30.6. The van der Waals surface area contributed by atoms with Gasteiger partial charge in [-0.1, -0.05) is 87.1 Å².